The number of hydrogen-bond donors (Lipinski definition) is 1. The Hall–Kier alpha value is -2.44. The van der Waals surface area contributed by atoms with E-state index in [4.69, 9.17) is 4.74 Å². The van der Waals surface area contributed by atoms with Crippen molar-refractivity contribution in [2.24, 2.45) is 0 Å². The van der Waals surface area contributed by atoms with E-state index < -0.39 is 5.60 Å². The molecule has 1 amide bonds. The Morgan fingerprint density at radius 2 is 1.93 bits per heavy atom. The molecule has 1 N–H and O–H groups in total. The van der Waals surface area contributed by atoms with Crippen LogP contribution in [0, 0.1) is 0 Å². The minimum atomic E-state index is -0.958. The molecule has 154 valence electrons. The molecule has 0 radical (unpaired) electrons. The van der Waals surface area contributed by atoms with Crippen molar-refractivity contribution in [3.8, 4) is 5.88 Å². The first-order chi connectivity index (χ1) is 14.1. The third-order valence-corrected chi connectivity index (χ3v) is 6.13. The molecule has 1 aromatic carbocycles. The number of hydrogen-bond acceptors (Lipinski definition) is 5. The van der Waals surface area contributed by atoms with Gasteiger partial charge < -0.3 is 14.7 Å². The number of nitrogens with zero attached hydrogens (tertiary/aromatic N) is 3. The first kappa shape index (κ1) is 19.9. The number of likely N-dealkylation sites (tertiary alicyclic amines) is 2. The molecule has 0 unspecified atom stereocenters. The average Bonchev–Trinajstić information content (AvgIpc) is 3.29. The van der Waals surface area contributed by atoms with Gasteiger partial charge in [-0.2, -0.15) is 0 Å². The predicted octanol–water partition coefficient (Wildman–Crippen LogP) is 2.68. The van der Waals surface area contributed by atoms with Gasteiger partial charge in [0.05, 0.1) is 12.6 Å². The second-order valence-electron chi connectivity index (χ2n) is 7.84. The topological polar surface area (TPSA) is 65.9 Å². The number of amides is 1. The molecule has 6 heteroatoms. The summed E-state index contributed by atoms with van der Waals surface area (Å²) < 4.78 is 5.57. The van der Waals surface area contributed by atoms with Gasteiger partial charge in [-0.05, 0) is 57.0 Å². The number of carbonyl (C=O) groups is 1. The number of benzene rings is 1. The number of aromatic nitrogens is 1. The normalized spacial score (nSPS) is 25.2. The van der Waals surface area contributed by atoms with Crippen LogP contribution >= 0.6 is 0 Å². The maximum atomic E-state index is 13.3. The molecule has 0 saturated carbocycles. The zero-order valence-corrected chi connectivity index (χ0v) is 17.0. The summed E-state index contributed by atoms with van der Waals surface area (Å²) in [4.78, 5) is 21.7. The largest absolute Gasteiger partial charge is 0.477 e. The summed E-state index contributed by atoms with van der Waals surface area (Å²) in [5.41, 5.74) is 0.458. The predicted molar refractivity (Wildman–Crippen MR) is 111 cm³/mol. The molecule has 0 spiro atoms. The highest BCUT2D eigenvalue weighted by atomic mass is 16.5. The number of pyridine rings is 1. The second-order valence-corrected chi connectivity index (χ2v) is 7.84. The van der Waals surface area contributed by atoms with E-state index in [-0.39, 0.29) is 11.9 Å². The Morgan fingerprint density at radius 3 is 2.66 bits per heavy atom. The molecule has 2 aromatic rings. The van der Waals surface area contributed by atoms with E-state index in [1.54, 1.807) is 18.3 Å². The van der Waals surface area contributed by atoms with Crippen molar-refractivity contribution >= 4 is 5.91 Å². The van der Waals surface area contributed by atoms with Gasteiger partial charge in [0.2, 0.25) is 5.88 Å². The fraction of sp³-hybridized carbons (Fsp3) is 0.478. The van der Waals surface area contributed by atoms with Crippen molar-refractivity contribution in [1.29, 1.82) is 0 Å². The summed E-state index contributed by atoms with van der Waals surface area (Å²) in [6, 6.07) is 13.3. The van der Waals surface area contributed by atoms with Crippen molar-refractivity contribution < 1.29 is 14.6 Å². The molecule has 2 saturated heterocycles. The zero-order chi connectivity index (χ0) is 20.3. The van der Waals surface area contributed by atoms with E-state index in [1.165, 1.54) is 0 Å². The van der Waals surface area contributed by atoms with E-state index in [9.17, 15) is 9.90 Å². The van der Waals surface area contributed by atoms with Crippen molar-refractivity contribution in [3.05, 3.63) is 59.8 Å². The molecular formula is C23H29N3O3. The smallest absolute Gasteiger partial charge is 0.259 e. The van der Waals surface area contributed by atoms with Gasteiger partial charge in [0.1, 0.15) is 11.2 Å². The maximum absolute atomic E-state index is 13.3. The minimum Gasteiger partial charge on any atom is -0.477 e. The summed E-state index contributed by atoms with van der Waals surface area (Å²) in [6.45, 7) is 5.24. The lowest BCUT2D eigenvalue weighted by molar-refractivity contribution is -0.0878. The molecule has 1 aromatic heterocycles. The Balaban J connectivity index is 1.62. The summed E-state index contributed by atoms with van der Waals surface area (Å²) in [7, 11) is 0. The standard InChI is InChI=1S/C23H29N3O3/c1-2-29-21-19(11-8-13-24-21)22(27)26-16-12-23(28,18-9-4-3-5-10-18)20(17-26)25-14-6-7-15-25/h3-5,8-11,13,20,28H,2,6-7,12,14-17H2,1H3/t20-,23+/m1/s1. The van der Waals surface area contributed by atoms with E-state index in [0.717, 1.165) is 31.5 Å². The minimum absolute atomic E-state index is 0.0825. The Labute approximate surface area is 172 Å². The monoisotopic (exact) mass is 395 g/mol. The van der Waals surface area contributed by atoms with Crippen LogP contribution in [0.5, 0.6) is 5.88 Å². The van der Waals surface area contributed by atoms with Gasteiger partial charge >= 0.3 is 0 Å². The van der Waals surface area contributed by atoms with Crippen molar-refractivity contribution in [3.63, 3.8) is 0 Å². The third-order valence-electron chi connectivity index (χ3n) is 6.13. The molecule has 0 aliphatic carbocycles. The number of rotatable bonds is 5. The molecule has 2 atom stereocenters. The van der Waals surface area contributed by atoms with Crippen LogP contribution in [0.15, 0.2) is 48.7 Å². The second kappa shape index (κ2) is 8.51. The molecule has 4 rings (SSSR count). The highest BCUT2D eigenvalue weighted by Crippen LogP contribution is 2.38. The van der Waals surface area contributed by atoms with Gasteiger partial charge in [-0.15, -0.1) is 0 Å². The molecule has 2 aliphatic heterocycles. The quantitative estimate of drug-likeness (QED) is 0.843. The summed E-state index contributed by atoms with van der Waals surface area (Å²) >= 11 is 0. The zero-order valence-electron chi connectivity index (χ0n) is 17.0. The number of aliphatic hydroxyl groups is 1. The van der Waals surface area contributed by atoms with Crippen LogP contribution < -0.4 is 4.74 Å². The summed E-state index contributed by atoms with van der Waals surface area (Å²) in [5.74, 6) is 0.294. The van der Waals surface area contributed by atoms with Crippen molar-refractivity contribution in [1.82, 2.24) is 14.8 Å². The van der Waals surface area contributed by atoms with Crippen LogP contribution in [0.2, 0.25) is 0 Å². The summed E-state index contributed by atoms with van der Waals surface area (Å²) in [5, 5.41) is 11.8. The molecule has 6 nitrogen and oxygen atoms in total. The van der Waals surface area contributed by atoms with Gasteiger partial charge in [-0.25, -0.2) is 4.98 Å². The van der Waals surface area contributed by atoms with E-state index in [2.05, 4.69) is 9.88 Å². The fourth-order valence-electron chi connectivity index (χ4n) is 4.62. The van der Waals surface area contributed by atoms with Crippen LogP contribution in [0.1, 0.15) is 42.1 Å². The first-order valence-electron chi connectivity index (χ1n) is 10.5. The third kappa shape index (κ3) is 3.87. The lowest BCUT2D eigenvalue weighted by atomic mass is 9.79. The molecular weight excluding hydrogens is 366 g/mol. The number of ether oxygens (including phenoxy) is 1. The molecule has 29 heavy (non-hydrogen) atoms. The molecule has 2 fully saturated rings. The highest BCUT2D eigenvalue weighted by Gasteiger charge is 2.47. The van der Waals surface area contributed by atoms with E-state index >= 15 is 0 Å². The Morgan fingerprint density at radius 1 is 1.17 bits per heavy atom. The highest BCUT2D eigenvalue weighted by molar-refractivity contribution is 5.96. The van der Waals surface area contributed by atoms with Gasteiger partial charge in [0.15, 0.2) is 0 Å². The number of piperidine rings is 1. The molecule has 0 bridgehead atoms. The Kier molecular flexibility index (Phi) is 5.83. The van der Waals surface area contributed by atoms with Crippen LogP contribution in [0.3, 0.4) is 0 Å². The Bertz CT molecular complexity index is 838. The van der Waals surface area contributed by atoms with Gasteiger partial charge in [0.25, 0.3) is 5.91 Å². The summed E-state index contributed by atoms with van der Waals surface area (Å²) in [6.07, 6.45) is 4.41. The van der Waals surface area contributed by atoms with Crippen LogP contribution in [0.25, 0.3) is 0 Å². The van der Waals surface area contributed by atoms with Crippen molar-refractivity contribution in [2.45, 2.75) is 37.8 Å². The van der Waals surface area contributed by atoms with Crippen molar-refractivity contribution in [2.75, 3.05) is 32.8 Å². The first-order valence-corrected chi connectivity index (χ1v) is 10.5. The fourth-order valence-corrected chi connectivity index (χ4v) is 4.62. The van der Waals surface area contributed by atoms with Gasteiger partial charge in [-0.3, -0.25) is 9.69 Å². The maximum Gasteiger partial charge on any atom is 0.259 e. The number of carbonyl (C=O) groups excluding carboxylic acids is 1. The van der Waals surface area contributed by atoms with Crippen LogP contribution in [-0.4, -0.2) is 64.6 Å². The van der Waals surface area contributed by atoms with Gasteiger partial charge in [0, 0.05) is 19.3 Å². The van der Waals surface area contributed by atoms with Crippen LogP contribution in [-0.2, 0) is 5.60 Å². The average molecular weight is 396 g/mol. The van der Waals surface area contributed by atoms with E-state index in [0.29, 0.717) is 37.6 Å². The molecule has 2 aliphatic rings. The lowest BCUT2D eigenvalue weighted by Crippen LogP contribution is -2.61. The lowest BCUT2D eigenvalue weighted by Gasteiger charge is -2.48. The van der Waals surface area contributed by atoms with E-state index in [1.807, 2.05) is 42.2 Å². The van der Waals surface area contributed by atoms with Gasteiger partial charge in [-0.1, -0.05) is 30.3 Å². The van der Waals surface area contributed by atoms with Crippen LogP contribution in [0.4, 0.5) is 0 Å². The SMILES string of the molecule is CCOc1ncccc1C(=O)N1CC[C@](O)(c2ccccc2)[C@H](N2CCCC2)C1. The molecule has 3 heterocycles.